The lowest BCUT2D eigenvalue weighted by atomic mass is 9.86. The number of hydrogen-bond acceptors (Lipinski definition) is 9. The number of nitrogens with two attached hydrogens (primary N) is 1. The second kappa shape index (κ2) is 7.81. The molecule has 0 radical (unpaired) electrons. The van der Waals surface area contributed by atoms with Gasteiger partial charge in [0, 0.05) is 18.6 Å². The van der Waals surface area contributed by atoms with Gasteiger partial charge in [0.1, 0.15) is 12.6 Å². The van der Waals surface area contributed by atoms with Gasteiger partial charge in [-0.25, -0.2) is 4.79 Å². The Bertz CT molecular complexity index is 1070. The van der Waals surface area contributed by atoms with Gasteiger partial charge in [0.05, 0.1) is 11.0 Å². The number of alkyl halides is 3. The first-order chi connectivity index (χ1) is 14.3. The molecule has 2 aliphatic heterocycles. The number of hydrogen-bond donors (Lipinski definition) is 1. The van der Waals surface area contributed by atoms with Gasteiger partial charge in [-0.05, 0) is 24.1 Å². The summed E-state index contributed by atoms with van der Waals surface area (Å²) >= 11 is 0. The van der Waals surface area contributed by atoms with E-state index in [4.69, 9.17) is 10.5 Å². The lowest BCUT2D eigenvalue weighted by molar-refractivity contribution is -0.384. The zero-order valence-electron chi connectivity index (χ0n) is 15.4. The number of esters is 1. The van der Waals surface area contributed by atoms with Crippen LogP contribution < -0.4 is 5.73 Å². The van der Waals surface area contributed by atoms with Gasteiger partial charge in [-0.2, -0.15) is 21.6 Å². The van der Waals surface area contributed by atoms with Crippen molar-refractivity contribution in [3.63, 3.8) is 0 Å². The summed E-state index contributed by atoms with van der Waals surface area (Å²) in [6.07, 6.45) is -0.422. The van der Waals surface area contributed by atoms with Crippen LogP contribution >= 0.6 is 0 Å². The summed E-state index contributed by atoms with van der Waals surface area (Å²) in [7, 11) is -6.09. The number of carbonyl (C=O) groups is 2. The van der Waals surface area contributed by atoms with Gasteiger partial charge in [0.2, 0.25) is 5.91 Å². The number of carbonyl (C=O) groups excluding carboxylic acids is 2. The molecule has 2 aliphatic rings. The number of nitro groups is 1. The highest BCUT2D eigenvalue weighted by Gasteiger charge is 2.54. The van der Waals surface area contributed by atoms with Crippen molar-refractivity contribution < 1.29 is 45.0 Å². The summed E-state index contributed by atoms with van der Waals surface area (Å²) in [5.41, 5.74) is -0.831. The van der Waals surface area contributed by atoms with E-state index >= 15 is 0 Å². The third-order valence-electron chi connectivity index (χ3n) is 4.65. The minimum atomic E-state index is -6.09. The van der Waals surface area contributed by atoms with Crippen LogP contribution in [0.1, 0.15) is 18.4 Å². The molecule has 1 amide bonds. The second-order valence-electron chi connectivity index (χ2n) is 6.59. The summed E-state index contributed by atoms with van der Waals surface area (Å²) < 4.78 is 70.0. The molecule has 31 heavy (non-hydrogen) atoms. The Balaban J connectivity index is 1.86. The second-order valence-corrected chi connectivity index (χ2v) is 8.13. The van der Waals surface area contributed by atoms with E-state index in [0.29, 0.717) is 5.56 Å². The van der Waals surface area contributed by atoms with Gasteiger partial charge < -0.3 is 14.7 Å². The average Bonchev–Trinajstić information content (AvgIpc) is 2.70. The molecule has 11 nitrogen and oxygen atoms in total. The quantitative estimate of drug-likeness (QED) is 0.162. The molecule has 0 aliphatic carbocycles. The van der Waals surface area contributed by atoms with Gasteiger partial charge >= 0.3 is 21.6 Å². The molecule has 168 valence electrons. The molecular formula is C16H14F3N3O8S. The number of amides is 1. The van der Waals surface area contributed by atoms with E-state index in [1.165, 1.54) is 12.1 Å². The highest BCUT2D eigenvalue weighted by atomic mass is 32.2. The Labute approximate surface area is 172 Å². The van der Waals surface area contributed by atoms with Crippen LogP contribution in [0.25, 0.3) is 0 Å². The SMILES string of the molecule is N[C@@H]1C(=O)N2C(C(=O)OCc3ccc([N+](=O)[O-])cc3)=C(OS(=O)(=O)C(F)(F)F)CC[C@H]12. The summed E-state index contributed by atoms with van der Waals surface area (Å²) in [5.74, 6) is -3.00. The van der Waals surface area contributed by atoms with Gasteiger partial charge in [0.15, 0.2) is 11.5 Å². The van der Waals surface area contributed by atoms with Crippen molar-refractivity contribution in [2.45, 2.75) is 37.0 Å². The fourth-order valence-electron chi connectivity index (χ4n) is 3.09. The van der Waals surface area contributed by atoms with Crippen molar-refractivity contribution in [3.8, 4) is 0 Å². The van der Waals surface area contributed by atoms with Crippen LogP contribution in [0, 0.1) is 10.1 Å². The number of benzene rings is 1. The van der Waals surface area contributed by atoms with Crippen LogP contribution in [0.2, 0.25) is 0 Å². The minimum Gasteiger partial charge on any atom is -0.456 e. The van der Waals surface area contributed by atoms with Crippen LogP contribution in [0.5, 0.6) is 0 Å². The number of rotatable bonds is 6. The van der Waals surface area contributed by atoms with E-state index in [2.05, 4.69) is 4.18 Å². The zero-order chi connectivity index (χ0) is 23.1. The molecule has 2 atom stereocenters. The van der Waals surface area contributed by atoms with Crippen molar-refractivity contribution in [2.75, 3.05) is 0 Å². The normalized spacial score (nSPS) is 21.3. The lowest BCUT2D eigenvalue weighted by Crippen LogP contribution is -2.69. The van der Waals surface area contributed by atoms with Crippen LogP contribution in [-0.2, 0) is 35.2 Å². The van der Waals surface area contributed by atoms with Crippen LogP contribution in [-0.4, -0.2) is 47.7 Å². The van der Waals surface area contributed by atoms with Crippen molar-refractivity contribution in [3.05, 3.63) is 51.4 Å². The predicted octanol–water partition coefficient (Wildman–Crippen LogP) is 1.05. The first-order valence-electron chi connectivity index (χ1n) is 8.56. The number of nitro benzene ring substituents is 1. The minimum absolute atomic E-state index is 0.0191. The number of non-ortho nitro benzene ring substituents is 1. The van der Waals surface area contributed by atoms with Crippen LogP contribution in [0.3, 0.4) is 0 Å². The zero-order valence-corrected chi connectivity index (χ0v) is 16.2. The highest BCUT2D eigenvalue weighted by Crippen LogP contribution is 2.39. The average molecular weight is 465 g/mol. The molecule has 1 saturated heterocycles. The Kier molecular flexibility index (Phi) is 5.66. The molecule has 1 aromatic rings. The summed E-state index contributed by atoms with van der Waals surface area (Å²) in [4.78, 5) is 35.4. The third-order valence-corrected chi connectivity index (χ3v) is 5.63. The fraction of sp³-hybridized carbons (Fsp3) is 0.375. The van der Waals surface area contributed by atoms with Crippen molar-refractivity contribution in [1.82, 2.24) is 4.90 Å². The number of allylic oxidation sites excluding steroid dienone is 1. The molecule has 0 aromatic heterocycles. The Morgan fingerprint density at radius 3 is 2.45 bits per heavy atom. The number of β-lactam (4-membered cyclic amide) rings is 1. The maximum Gasteiger partial charge on any atom is 0.534 e. The maximum atomic E-state index is 12.7. The van der Waals surface area contributed by atoms with Crippen molar-refractivity contribution >= 4 is 27.7 Å². The van der Waals surface area contributed by atoms with Crippen molar-refractivity contribution in [2.24, 2.45) is 5.73 Å². The molecule has 0 bridgehead atoms. The highest BCUT2D eigenvalue weighted by molar-refractivity contribution is 7.87. The molecule has 2 heterocycles. The number of fused-ring (bicyclic) bond motifs is 1. The lowest BCUT2D eigenvalue weighted by Gasteiger charge is -2.48. The molecule has 1 fully saturated rings. The molecule has 15 heteroatoms. The van der Waals surface area contributed by atoms with Gasteiger partial charge in [-0.3, -0.25) is 19.8 Å². The summed E-state index contributed by atoms with van der Waals surface area (Å²) in [6.45, 7) is -0.460. The number of ether oxygens (including phenoxy) is 1. The molecule has 0 spiro atoms. The molecule has 0 saturated carbocycles. The fourth-order valence-corrected chi connectivity index (χ4v) is 3.61. The van der Waals surface area contributed by atoms with Crippen LogP contribution in [0.15, 0.2) is 35.7 Å². The summed E-state index contributed by atoms with van der Waals surface area (Å²) in [6, 6.07) is 3.11. The van der Waals surface area contributed by atoms with E-state index in [0.717, 1.165) is 17.0 Å². The number of nitrogens with zero attached hydrogens (tertiary/aromatic N) is 2. The van der Waals surface area contributed by atoms with E-state index in [-0.39, 0.29) is 12.1 Å². The van der Waals surface area contributed by atoms with E-state index in [1.54, 1.807) is 0 Å². The van der Waals surface area contributed by atoms with Crippen molar-refractivity contribution in [1.29, 1.82) is 0 Å². The largest absolute Gasteiger partial charge is 0.534 e. The van der Waals surface area contributed by atoms with Gasteiger partial charge in [-0.15, -0.1) is 0 Å². The molecule has 2 N–H and O–H groups in total. The molecule has 3 rings (SSSR count). The maximum absolute atomic E-state index is 12.7. The number of halogens is 3. The molecular weight excluding hydrogens is 451 g/mol. The van der Waals surface area contributed by atoms with E-state index in [1.807, 2.05) is 0 Å². The Morgan fingerprint density at radius 2 is 1.90 bits per heavy atom. The standard InChI is InChI=1S/C16H14F3N3O8S/c17-16(18,19)31(27,28)30-11-6-5-10-12(20)14(23)21(10)13(11)15(24)29-7-8-1-3-9(4-2-8)22(25)26/h1-4,10,12H,5-7,20H2/t10-,12+/m1/s1. The van der Waals surface area contributed by atoms with Crippen LogP contribution in [0.4, 0.5) is 18.9 Å². The first-order valence-corrected chi connectivity index (χ1v) is 9.97. The van der Waals surface area contributed by atoms with E-state index in [9.17, 15) is 41.3 Å². The third kappa shape index (κ3) is 4.18. The Morgan fingerprint density at radius 1 is 1.29 bits per heavy atom. The molecule has 0 unspecified atom stereocenters. The van der Waals surface area contributed by atoms with E-state index < -0.39 is 69.0 Å². The first kappa shape index (κ1) is 22.5. The topological polar surface area (TPSA) is 159 Å². The smallest absolute Gasteiger partial charge is 0.456 e. The van der Waals surface area contributed by atoms with Gasteiger partial charge in [-0.1, -0.05) is 0 Å². The Hall–Kier alpha value is -3.20. The predicted molar refractivity (Wildman–Crippen MR) is 93.8 cm³/mol. The monoisotopic (exact) mass is 465 g/mol. The van der Waals surface area contributed by atoms with Gasteiger partial charge in [0.25, 0.3) is 5.69 Å². The molecule has 1 aromatic carbocycles. The summed E-state index contributed by atoms with van der Waals surface area (Å²) in [5, 5.41) is 10.7.